The maximum atomic E-state index is 9.04. The largest absolute Gasteiger partial charge is 0.396 e. The van der Waals surface area contributed by atoms with Crippen molar-refractivity contribution in [2.24, 2.45) is 0 Å². The lowest BCUT2D eigenvalue weighted by molar-refractivity contribution is 0.185. The molecule has 96 valence electrons. The number of rotatable bonds is 9. The summed E-state index contributed by atoms with van der Waals surface area (Å²) in [5.41, 5.74) is 1.28. The van der Waals surface area contributed by atoms with E-state index < -0.39 is 0 Å². The Balaban J connectivity index is 2.32. The Labute approximate surface area is 104 Å². The summed E-state index contributed by atoms with van der Waals surface area (Å²) in [5, 5.41) is 17.8. The van der Waals surface area contributed by atoms with Gasteiger partial charge >= 0.3 is 0 Å². The van der Waals surface area contributed by atoms with Crippen molar-refractivity contribution in [3.8, 4) is 0 Å². The van der Waals surface area contributed by atoms with Crippen molar-refractivity contribution >= 4 is 0 Å². The molecule has 0 unspecified atom stereocenters. The van der Waals surface area contributed by atoms with Crippen molar-refractivity contribution in [1.82, 2.24) is 4.90 Å². The van der Waals surface area contributed by atoms with Gasteiger partial charge in [0.15, 0.2) is 0 Å². The summed E-state index contributed by atoms with van der Waals surface area (Å²) in [5.74, 6) is 0. The Morgan fingerprint density at radius 2 is 1.59 bits per heavy atom. The lowest BCUT2D eigenvalue weighted by Crippen LogP contribution is -2.27. The quantitative estimate of drug-likeness (QED) is 0.642. The van der Waals surface area contributed by atoms with Crippen LogP contribution in [0.2, 0.25) is 0 Å². The monoisotopic (exact) mass is 237 g/mol. The van der Waals surface area contributed by atoms with Crippen molar-refractivity contribution in [3.63, 3.8) is 0 Å². The smallest absolute Gasteiger partial charge is 0.0558 e. The summed E-state index contributed by atoms with van der Waals surface area (Å²) in [6.07, 6.45) is 3.00. The van der Waals surface area contributed by atoms with Crippen LogP contribution in [0.1, 0.15) is 24.8 Å². The molecule has 1 rings (SSSR count). The summed E-state index contributed by atoms with van der Waals surface area (Å²) in [6.45, 7) is 3.06. The maximum Gasteiger partial charge on any atom is 0.0558 e. The molecule has 1 aromatic rings. The third kappa shape index (κ3) is 6.41. The molecular weight excluding hydrogens is 214 g/mol. The molecule has 3 heteroatoms. The number of hydrogen-bond acceptors (Lipinski definition) is 3. The van der Waals surface area contributed by atoms with E-state index >= 15 is 0 Å². The topological polar surface area (TPSA) is 43.7 Å². The van der Waals surface area contributed by atoms with Crippen LogP contribution >= 0.6 is 0 Å². The number of unbranched alkanes of at least 4 members (excludes halogenated alkanes) is 2. The molecule has 0 spiro atoms. The van der Waals surface area contributed by atoms with Gasteiger partial charge in [0, 0.05) is 19.7 Å². The van der Waals surface area contributed by atoms with Gasteiger partial charge in [-0.05, 0) is 31.4 Å². The van der Waals surface area contributed by atoms with E-state index in [9.17, 15) is 0 Å². The fraction of sp³-hybridized carbons (Fsp3) is 0.571. The molecular formula is C14H23NO2. The second-order valence-electron chi connectivity index (χ2n) is 4.27. The van der Waals surface area contributed by atoms with Gasteiger partial charge in [-0.2, -0.15) is 0 Å². The lowest BCUT2D eigenvalue weighted by Gasteiger charge is -2.21. The highest BCUT2D eigenvalue weighted by atomic mass is 16.3. The van der Waals surface area contributed by atoms with Crippen LogP contribution in [-0.4, -0.2) is 41.4 Å². The highest BCUT2D eigenvalue weighted by Crippen LogP contribution is 2.06. The Kier molecular flexibility index (Phi) is 7.63. The predicted octanol–water partition coefficient (Wildman–Crippen LogP) is 1.64. The number of hydrogen-bond donors (Lipinski definition) is 2. The van der Waals surface area contributed by atoms with Gasteiger partial charge < -0.3 is 10.2 Å². The van der Waals surface area contributed by atoms with E-state index in [-0.39, 0.29) is 13.2 Å². The first-order valence-corrected chi connectivity index (χ1v) is 6.35. The number of aliphatic hydroxyl groups is 2. The first-order chi connectivity index (χ1) is 8.36. The van der Waals surface area contributed by atoms with Gasteiger partial charge in [0.05, 0.1) is 6.61 Å². The second-order valence-corrected chi connectivity index (χ2v) is 4.27. The van der Waals surface area contributed by atoms with Gasteiger partial charge in [0.25, 0.3) is 0 Å². The van der Waals surface area contributed by atoms with E-state index in [0.717, 1.165) is 32.4 Å². The Hall–Kier alpha value is -0.900. The highest BCUT2D eigenvalue weighted by Gasteiger charge is 2.04. The van der Waals surface area contributed by atoms with E-state index in [1.165, 1.54) is 5.56 Å². The fourth-order valence-corrected chi connectivity index (χ4v) is 1.88. The molecule has 0 saturated heterocycles. The normalized spacial score (nSPS) is 11.0. The number of aliphatic hydroxyl groups excluding tert-OH is 2. The third-order valence-electron chi connectivity index (χ3n) is 2.80. The fourth-order valence-electron chi connectivity index (χ4n) is 1.88. The molecule has 1 aromatic carbocycles. The number of benzene rings is 1. The molecule has 3 nitrogen and oxygen atoms in total. The third-order valence-corrected chi connectivity index (χ3v) is 2.80. The predicted molar refractivity (Wildman–Crippen MR) is 69.7 cm³/mol. The minimum Gasteiger partial charge on any atom is -0.396 e. The van der Waals surface area contributed by atoms with Crippen molar-refractivity contribution in [1.29, 1.82) is 0 Å². The summed E-state index contributed by atoms with van der Waals surface area (Å²) in [7, 11) is 0. The van der Waals surface area contributed by atoms with Crippen LogP contribution in [0.4, 0.5) is 0 Å². The molecule has 0 aliphatic carbocycles. The minimum absolute atomic E-state index is 0.201. The van der Waals surface area contributed by atoms with Crippen molar-refractivity contribution in [3.05, 3.63) is 35.9 Å². The summed E-state index contributed by atoms with van der Waals surface area (Å²) in [4.78, 5) is 2.26. The van der Waals surface area contributed by atoms with Gasteiger partial charge in [-0.1, -0.05) is 30.3 Å². The lowest BCUT2D eigenvalue weighted by atomic mass is 10.2. The van der Waals surface area contributed by atoms with Crippen LogP contribution in [0.3, 0.4) is 0 Å². The first kappa shape index (κ1) is 14.2. The summed E-state index contributed by atoms with van der Waals surface area (Å²) < 4.78 is 0. The second kappa shape index (κ2) is 9.16. The van der Waals surface area contributed by atoms with Crippen LogP contribution in [0.15, 0.2) is 30.3 Å². The van der Waals surface area contributed by atoms with E-state index in [0.29, 0.717) is 6.54 Å². The molecule has 0 fully saturated rings. The number of nitrogens with zero attached hydrogens (tertiary/aromatic N) is 1. The highest BCUT2D eigenvalue weighted by molar-refractivity contribution is 5.14. The van der Waals surface area contributed by atoms with E-state index in [1.54, 1.807) is 0 Å². The Morgan fingerprint density at radius 3 is 2.24 bits per heavy atom. The molecule has 0 heterocycles. The van der Waals surface area contributed by atoms with Crippen LogP contribution in [0.25, 0.3) is 0 Å². The molecule has 2 N–H and O–H groups in total. The first-order valence-electron chi connectivity index (χ1n) is 6.35. The van der Waals surface area contributed by atoms with Gasteiger partial charge in [-0.15, -0.1) is 0 Å². The van der Waals surface area contributed by atoms with Crippen LogP contribution in [0, 0.1) is 0 Å². The molecule has 0 saturated carbocycles. The Bertz CT molecular complexity index is 277. The molecule has 0 bridgehead atoms. The summed E-state index contributed by atoms with van der Waals surface area (Å²) in [6, 6.07) is 10.3. The molecule has 0 aliphatic rings. The average molecular weight is 237 g/mol. The SMILES string of the molecule is OCCCCCN(CCO)Cc1ccccc1. The van der Waals surface area contributed by atoms with Crippen molar-refractivity contribution in [2.75, 3.05) is 26.3 Å². The molecule has 0 aliphatic heterocycles. The van der Waals surface area contributed by atoms with Crippen LogP contribution in [-0.2, 0) is 6.54 Å². The van der Waals surface area contributed by atoms with E-state index in [1.807, 2.05) is 18.2 Å². The average Bonchev–Trinajstić information content (AvgIpc) is 2.36. The van der Waals surface area contributed by atoms with Crippen LogP contribution < -0.4 is 0 Å². The molecule has 0 radical (unpaired) electrons. The van der Waals surface area contributed by atoms with Gasteiger partial charge in [0.1, 0.15) is 0 Å². The zero-order valence-electron chi connectivity index (χ0n) is 10.4. The molecule has 0 atom stereocenters. The zero-order valence-corrected chi connectivity index (χ0v) is 10.4. The van der Waals surface area contributed by atoms with E-state index in [2.05, 4.69) is 17.0 Å². The van der Waals surface area contributed by atoms with Gasteiger partial charge in [-0.25, -0.2) is 0 Å². The standard InChI is InChI=1S/C14H23NO2/c16-11-6-2-5-9-15(10-12-17)13-14-7-3-1-4-8-14/h1,3-4,7-8,16-17H,2,5-6,9-13H2. The van der Waals surface area contributed by atoms with Crippen LogP contribution in [0.5, 0.6) is 0 Å². The maximum absolute atomic E-state index is 9.04. The van der Waals surface area contributed by atoms with Crippen molar-refractivity contribution in [2.45, 2.75) is 25.8 Å². The Morgan fingerprint density at radius 1 is 0.824 bits per heavy atom. The minimum atomic E-state index is 0.201. The molecule has 17 heavy (non-hydrogen) atoms. The van der Waals surface area contributed by atoms with E-state index in [4.69, 9.17) is 10.2 Å². The summed E-state index contributed by atoms with van der Waals surface area (Å²) >= 11 is 0. The van der Waals surface area contributed by atoms with Gasteiger partial charge in [0.2, 0.25) is 0 Å². The molecule has 0 amide bonds. The zero-order chi connectivity index (χ0) is 12.3. The van der Waals surface area contributed by atoms with Crippen molar-refractivity contribution < 1.29 is 10.2 Å². The molecule has 0 aromatic heterocycles. The van der Waals surface area contributed by atoms with Gasteiger partial charge in [-0.3, -0.25) is 4.90 Å².